The Bertz CT molecular complexity index is 810. The third-order valence-corrected chi connectivity index (χ3v) is 4.71. The molecule has 1 aliphatic rings. The molecule has 6 nitrogen and oxygen atoms in total. The van der Waals surface area contributed by atoms with Crippen LogP contribution in [0.5, 0.6) is 0 Å². The summed E-state index contributed by atoms with van der Waals surface area (Å²) >= 11 is 0. The summed E-state index contributed by atoms with van der Waals surface area (Å²) in [4.78, 5) is 24.4. The number of amides is 3. The summed E-state index contributed by atoms with van der Waals surface area (Å²) < 4.78 is 4.92. The minimum atomic E-state index is -0.229. The van der Waals surface area contributed by atoms with Gasteiger partial charge in [-0.05, 0) is 54.7 Å². The molecule has 6 heteroatoms. The molecule has 0 fully saturated rings. The van der Waals surface area contributed by atoms with E-state index in [1.54, 1.807) is 25.3 Å². The Balaban J connectivity index is 1.54. The van der Waals surface area contributed by atoms with E-state index in [9.17, 15) is 9.59 Å². The van der Waals surface area contributed by atoms with Crippen molar-refractivity contribution in [2.24, 2.45) is 0 Å². The smallest absolute Gasteiger partial charge is 0.319 e. The van der Waals surface area contributed by atoms with E-state index in [1.165, 1.54) is 11.1 Å². The van der Waals surface area contributed by atoms with E-state index in [0.717, 1.165) is 18.4 Å². The van der Waals surface area contributed by atoms with Gasteiger partial charge in [0.2, 0.25) is 0 Å². The van der Waals surface area contributed by atoms with Crippen LogP contribution in [-0.4, -0.2) is 38.2 Å². The summed E-state index contributed by atoms with van der Waals surface area (Å²) in [6, 6.07) is 13.4. The summed E-state index contributed by atoms with van der Waals surface area (Å²) in [6.07, 6.45) is 1.70. The second kappa shape index (κ2) is 8.68. The predicted molar refractivity (Wildman–Crippen MR) is 105 cm³/mol. The molecule has 1 aliphatic carbocycles. The van der Waals surface area contributed by atoms with Crippen LogP contribution in [0.4, 0.5) is 10.5 Å². The predicted octanol–water partition coefficient (Wildman–Crippen LogP) is 2.66. The molecule has 0 aliphatic heterocycles. The molecule has 142 valence electrons. The molecule has 27 heavy (non-hydrogen) atoms. The third kappa shape index (κ3) is 4.86. The van der Waals surface area contributed by atoms with E-state index in [4.69, 9.17) is 4.74 Å². The fourth-order valence-electron chi connectivity index (χ4n) is 3.32. The van der Waals surface area contributed by atoms with E-state index < -0.39 is 0 Å². The van der Waals surface area contributed by atoms with Crippen molar-refractivity contribution in [2.45, 2.75) is 25.8 Å². The lowest BCUT2D eigenvalue weighted by Gasteiger charge is -2.15. The van der Waals surface area contributed by atoms with Gasteiger partial charge in [0.25, 0.3) is 5.91 Å². The van der Waals surface area contributed by atoms with Gasteiger partial charge >= 0.3 is 6.03 Å². The molecule has 0 bridgehead atoms. The normalized spacial score (nSPS) is 13.1. The highest BCUT2D eigenvalue weighted by Crippen LogP contribution is 2.22. The van der Waals surface area contributed by atoms with Crippen molar-refractivity contribution in [1.82, 2.24) is 10.6 Å². The molecule has 0 atom stereocenters. The highest BCUT2D eigenvalue weighted by atomic mass is 16.5. The van der Waals surface area contributed by atoms with Crippen LogP contribution in [0, 0.1) is 6.92 Å². The van der Waals surface area contributed by atoms with Crippen molar-refractivity contribution >= 4 is 17.6 Å². The van der Waals surface area contributed by atoms with Gasteiger partial charge in [-0.3, -0.25) is 4.79 Å². The molecule has 3 amide bonds. The number of ether oxygens (including phenoxy) is 1. The summed E-state index contributed by atoms with van der Waals surface area (Å²) in [5.41, 5.74) is 4.67. The molecule has 0 spiro atoms. The zero-order chi connectivity index (χ0) is 19.2. The zero-order valence-electron chi connectivity index (χ0n) is 15.7. The van der Waals surface area contributed by atoms with Crippen molar-refractivity contribution in [2.75, 3.05) is 25.6 Å². The molecular weight excluding hydrogens is 342 g/mol. The second-order valence-electron chi connectivity index (χ2n) is 6.75. The molecule has 0 radical (unpaired) electrons. The minimum Gasteiger partial charge on any atom is -0.383 e. The Hall–Kier alpha value is -2.86. The van der Waals surface area contributed by atoms with E-state index in [2.05, 4.69) is 28.1 Å². The van der Waals surface area contributed by atoms with Crippen molar-refractivity contribution in [3.8, 4) is 0 Å². The first-order valence-corrected chi connectivity index (χ1v) is 9.09. The van der Waals surface area contributed by atoms with Gasteiger partial charge in [0, 0.05) is 30.9 Å². The van der Waals surface area contributed by atoms with Gasteiger partial charge in [0.1, 0.15) is 0 Å². The molecule has 0 unspecified atom stereocenters. The molecule has 3 N–H and O–H groups in total. The maximum Gasteiger partial charge on any atom is 0.319 e. The molecule has 2 aromatic rings. The first kappa shape index (κ1) is 18.9. The molecule has 0 aromatic heterocycles. The lowest BCUT2D eigenvalue weighted by molar-refractivity contribution is 0.0937. The van der Waals surface area contributed by atoms with Crippen molar-refractivity contribution in [3.63, 3.8) is 0 Å². The number of carbonyl (C=O) groups is 2. The van der Waals surface area contributed by atoms with E-state index in [1.807, 2.05) is 19.1 Å². The molecule has 0 saturated heterocycles. The number of urea groups is 1. The fourth-order valence-corrected chi connectivity index (χ4v) is 3.32. The summed E-state index contributed by atoms with van der Waals surface area (Å²) in [5.74, 6) is -0.158. The highest BCUT2D eigenvalue weighted by molar-refractivity contribution is 5.96. The lowest BCUT2D eigenvalue weighted by Crippen LogP contribution is -2.38. The maximum atomic E-state index is 12.3. The number of hydrogen-bond donors (Lipinski definition) is 3. The number of hydrogen-bond acceptors (Lipinski definition) is 3. The number of benzene rings is 2. The van der Waals surface area contributed by atoms with Crippen LogP contribution in [0.25, 0.3) is 0 Å². The molecule has 0 heterocycles. The third-order valence-electron chi connectivity index (χ3n) is 4.71. The maximum absolute atomic E-state index is 12.3. The van der Waals surface area contributed by atoms with Gasteiger partial charge in [-0.25, -0.2) is 4.79 Å². The van der Waals surface area contributed by atoms with Crippen molar-refractivity contribution in [3.05, 3.63) is 64.7 Å². The van der Waals surface area contributed by atoms with Gasteiger partial charge < -0.3 is 20.7 Å². The second-order valence-corrected chi connectivity index (χ2v) is 6.75. The number of aryl methyl sites for hydroxylation is 1. The summed E-state index contributed by atoms with van der Waals surface area (Å²) in [6.45, 7) is 2.79. The van der Waals surface area contributed by atoms with Crippen LogP contribution in [0.2, 0.25) is 0 Å². The van der Waals surface area contributed by atoms with Crippen LogP contribution in [-0.2, 0) is 17.6 Å². The highest BCUT2D eigenvalue weighted by Gasteiger charge is 2.22. The molecular formula is C21H25N3O3. The lowest BCUT2D eigenvalue weighted by atomic mass is 10.1. The first-order valence-electron chi connectivity index (χ1n) is 9.09. The Morgan fingerprint density at radius 2 is 1.81 bits per heavy atom. The Labute approximate surface area is 159 Å². The average molecular weight is 367 g/mol. The van der Waals surface area contributed by atoms with E-state index in [0.29, 0.717) is 24.4 Å². The van der Waals surface area contributed by atoms with Crippen LogP contribution < -0.4 is 16.0 Å². The van der Waals surface area contributed by atoms with Gasteiger partial charge in [-0.15, -0.1) is 0 Å². The monoisotopic (exact) mass is 367 g/mol. The Morgan fingerprint density at radius 3 is 2.44 bits per heavy atom. The SMILES string of the molecule is COCCNC(=O)c1ccc(NC(=O)NC2Cc3ccccc3C2)c(C)c1. The summed E-state index contributed by atoms with van der Waals surface area (Å²) in [5, 5.41) is 8.69. The molecule has 0 saturated carbocycles. The number of nitrogens with one attached hydrogen (secondary N) is 3. The molecule has 3 rings (SSSR count). The van der Waals surface area contributed by atoms with Gasteiger partial charge in [-0.2, -0.15) is 0 Å². The van der Waals surface area contributed by atoms with Crippen molar-refractivity contribution in [1.29, 1.82) is 0 Å². The van der Waals surface area contributed by atoms with Gasteiger partial charge in [-0.1, -0.05) is 24.3 Å². The number of carbonyl (C=O) groups excluding carboxylic acids is 2. The van der Waals surface area contributed by atoms with Gasteiger partial charge in [0.05, 0.1) is 6.61 Å². The largest absolute Gasteiger partial charge is 0.383 e. The Morgan fingerprint density at radius 1 is 1.11 bits per heavy atom. The minimum absolute atomic E-state index is 0.105. The summed E-state index contributed by atoms with van der Waals surface area (Å²) in [7, 11) is 1.59. The van der Waals surface area contributed by atoms with Crippen molar-refractivity contribution < 1.29 is 14.3 Å². The van der Waals surface area contributed by atoms with Gasteiger partial charge in [0.15, 0.2) is 0 Å². The van der Waals surface area contributed by atoms with Crippen LogP contribution in [0.3, 0.4) is 0 Å². The Kier molecular flexibility index (Phi) is 6.08. The number of methoxy groups -OCH3 is 1. The van der Waals surface area contributed by atoms with E-state index >= 15 is 0 Å². The number of fused-ring (bicyclic) bond motifs is 1. The van der Waals surface area contributed by atoms with Crippen LogP contribution >= 0.6 is 0 Å². The van der Waals surface area contributed by atoms with Crippen LogP contribution in [0.1, 0.15) is 27.0 Å². The fraction of sp³-hybridized carbons (Fsp3) is 0.333. The average Bonchev–Trinajstić information content (AvgIpc) is 3.05. The first-order chi connectivity index (χ1) is 13.1. The van der Waals surface area contributed by atoms with Crippen LogP contribution in [0.15, 0.2) is 42.5 Å². The zero-order valence-corrected chi connectivity index (χ0v) is 15.7. The number of anilines is 1. The molecule has 2 aromatic carbocycles. The quantitative estimate of drug-likeness (QED) is 0.687. The standard InChI is InChI=1S/C21H25N3O3/c1-14-11-17(20(25)22-9-10-27-2)7-8-19(14)24-21(26)23-18-12-15-5-3-4-6-16(15)13-18/h3-8,11,18H,9-10,12-13H2,1-2H3,(H,22,25)(H2,23,24,26). The topological polar surface area (TPSA) is 79.5 Å². The number of rotatable bonds is 6. The van der Waals surface area contributed by atoms with E-state index in [-0.39, 0.29) is 18.0 Å².